The first-order valence-corrected chi connectivity index (χ1v) is 7.11. The zero-order valence-electron chi connectivity index (χ0n) is 12.0. The number of fused-ring (bicyclic) bond motifs is 1. The number of nitrogens with one attached hydrogen (secondary N) is 1. The normalized spacial score (nSPS) is 10.9. The van der Waals surface area contributed by atoms with Gasteiger partial charge in [0.1, 0.15) is 12.4 Å². The van der Waals surface area contributed by atoms with Gasteiger partial charge < -0.3 is 14.5 Å². The van der Waals surface area contributed by atoms with Gasteiger partial charge in [-0.25, -0.2) is 4.98 Å². The van der Waals surface area contributed by atoms with Gasteiger partial charge in [0.2, 0.25) is 5.88 Å². The van der Waals surface area contributed by atoms with E-state index in [0.29, 0.717) is 12.5 Å². The number of ether oxygens (including phenoxy) is 1. The monoisotopic (exact) mass is 282 g/mol. The molecule has 0 spiro atoms. The Bertz CT molecular complexity index is 708. The van der Waals surface area contributed by atoms with E-state index in [2.05, 4.69) is 23.3 Å². The minimum absolute atomic E-state index is 0.388. The molecule has 0 amide bonds. The van der Waals surface area contributed by atoms with E-state index in [4.69, 9.17) is 9.15 Å². The quantitative estimate of drug-likeness (QED) is 0.751. The van der Waals surface area contributed by atoms with Crippen molar-refractivity contribution in [2.24, 2.45) is 0 Å². The summed E-state index contributed by atoms with van der Waals surface area (Å²) < 4.78 is 11.0. The predicted octanol–water partition coefficient (Wildman–Crippen LogP) is 3.52. The number of nitrogens with zero attached hydrogens (tertiary/aromatic N) is 1. The van der Waals surface area contributed by atoms with Crippen LogP contribution in [0.5, 0.6) is 5.88 Å². The predicted molar refractivity (Wildman–Crippen MR) is 82.2 cm³/mol. The average molecular weight is 282 g/mol. The fourth-order valence-electron chi connectivity index (χ4n) is 2.24. The molecule has 108 valence electrons. The van der Waals surface area contributed by atoms with Crippen LogP contribution in [0.4, 0.5) is 0 Å². The number of rotatable bonds is 6. The van der Waals surface area contributed by atoms with E-state index < -0.39 is 0 Å². The van der Waals surface area contributed by atoms with Gasteiger partial charge in [0.25, 0.3) is 0 Å². The highest BCUT2D eigenvalue weighted by Crippen LogP contribution is 2.22. The van der Waals surface area contributed by atoms with Gasteiger partial charge in [-0.15, -0.1) is 0 Å². The number of hydrogen-bond donors (Lipinski definition) is 1. The van der Waals surface area contributed by atoms with Gasteiger partial charge in [0, 0.05) is 18.0 Å². The minimum Gasteiger partial charge on any atom is -0.469 e. The zero-order valence-corrected chi connectivity index (χ0v) is 12.0. The van der Waals surface area contributed by atoms with Gasteiger partial charge in [-0.2, -0.15) is 0 Å². The van der Waals surface area contributed by atoms with E-state index in [9.17, 15) is 0 Å². The van der Waals surface area contributed by atoms with Gasteiger partial charge in [-0.05, 0) is 30.3 Å². The molecule has 2 aromatic heterocycles. The van der Waals surface area contributed by atoms with Gasteiger partial charge in [0.15, 0.2) is 0 Å². The molecule has 1 aromatic carbocycles. The van der Waals surface area contributed by atoms with Crippen molar-refractivity contribution in [1.82, 2.24) is 10.3 Å². The molecule has 0 aliphatic carbocycles. The second-order valence-corrected chi connectivity index (χ2v) is 4.79. The lowest BCUT2D eigenvalue weighted by molar-refractivity contribution is 0.261. The Morgan fingerprint density at radius 1 is 1.19 bits per heavy atom. The molecule has 0 radical (unpaired) electrons. The van der Waals surface area contributed by atoms with E-state index in [1.54, 1.807) is 6.26 Å². The number of pyridine rings is 1. The van der Waals surface area contributed by atoms with Gasteiger partial charge in [0.05, 0.1) is 11.8 Å². The summed E-state index contributed by atoms with van der Waals surface area (Å²) >= 11 is 0. The molecule has 3 rings (SSSR count). The van der Waals surface area contributed by atoms with Crippen LogP contribution in [0.1, 0.15) is 18.2 Å². The fourth-order valence-corrected chi connectivity index (χ4v) is 2.24. The fraction of sp³-hybridized carbons (Fsp3) is 0.235. The van der Waals surface area contributed by atoms with Crippen LogP contribution >= 0.6 is 0 Å². The summed E-state index contributed by atoms with van der Waals surface area (Å²) in [6.45, 7) is 4.21. The molecule has 1 N–H and O–H groups in total. The summed E-state index contributed by atoms with van der Waals surface area (Å²) in [5.74, 6) is 1.41. The van der Waals surface area contributed by atoms with Crippen molar-refractivity contribution in [3.8, 4) is 5.88 Å². The van der Waals surface area contributed by atoms with E-state index in [0.717, 1.165) is 29.8 Å². The van der Waals surface area contributed by atoms with Crippen LogP contribution in [0.2, 0.25) is 0 Å². The molecule has 4 heteroatoms. The number of aromatic nitrogens is 1. The Kier molecular flexibility index (Phi) is 4.17. The maximum Gasteiger partial charge on any atom is 0.214 e. The van der Waals surface area contributed by atoms with Crippen LogP contribution in [0.15, 0.2) is 53.1 Å². The van der Waals surface area contributed by atoms with Gasteiger partial charge >= 0.3 is 0 Å². The molecular formula is C17H18N2O2. The first-order valence-electron chi connectivity index (χ1n) is 7.11. The molecule has 0 bridgehead atoms. The average Bonchev–Trinajstić information content (AvgIpc) is 3.04. The molecule has 2 heterocycles. The highest BCUT2D eigenvalue weighted by Gasteiger charge is 2.07. The smallest absolute Gasteiger partial charge is 0.214 e. The van der Waals surface area contributed by atoms with E-state index in [-0.39, 0.29) is 0 Å². The lowest BCUT2D eigenvalue weighted by Gasteiger charge is -2.10. The number of furan rings is 1. The zero-order chi connectivity index (χ0) is 14.5. The van der Waals surface area contributed by atoms with Crippen molar-refractivity contribution in [3.05, 3.63) is 60.1 Å². The molecule has 4 nitrogen and oxygen atoms in total. The summed E-state index contributed by atoms with van der Waals surface area (Å²) in [5.41, 5.74) is 2.14. The van der Waals surface area contributed by atoms with Crippen LogP contribution in [-0.4, -0.2) is 11.5 Å². The summed E-state index contributed by atoms with van der Waals surface area (Å²) in [5, 5.41) is 4.51. The Labute approximate surface area is 123 Å². The molecule has 3 aromatic rings. The van der Waals surface area contributed by atoms with Crippen molar-refractivity contribution in [2.75, 3.05) is 6.54 Å². The maximum atomic E-state index is 5.75. The van der Waals surface area contributed by atoms with Crippen molar-refractivity contribution in [1.29, 1.82) is 0 Å². The molecule has 0 aliphatic rings. The van der Waals surface area contributed by atoms with Gasteiger partial charge in [-0.1, -0.05) is 25.1 Å². The standard InChI is InChI=1S/C17H18N2O2/c1-2-18-11-13-10-17(21-12-14-6-5-9-20-14)19-16-8-4-3-7-15(13)16/h3-10,18H,2,11-12H2,1H3. The third kappa shape index (κ3) is 3.23. The van der Waals surface area contributed by atoms with Crippen LogP contribution < -0.4 is 10.1 Å². The summed E-state index contributed by atoms with van der Waals surface area (Å²) in [6, 6.07) is 13.8. The van der Waals surface area contributed by atoms with Crippen LogP contribution in [0.3, 0.4) is 0 Å². The lowest BCUT2D eigenvalue weighted by Crippen LogP contribution is -2.12. The Morgan fingerprint density at radius 3 is 2.90 bits per heavy atom. The Hall–Kier alpha value is -2.33. The molecule has 0 saturated carbocycles. The Morgan fingerprint density at radius 2 is 2.10 bits per heavy atom. The summed E-state index contributed by atoms with van der Waals surface area (Å²) in [4.78, 5) is 4.55. The second kappa shape index (κ2) is 6.41. The first kappa shape index (κ1) is 13.6. The van der Waals surface area contributed by atoms with Crippen LogP contribution in [0.25, 0.3) is 10.9 Å². The van der Waals surface area contributed by atoms with Crippen LogP contribution in [0, 0.1) is 0 Å². The number of para-hydroxylation sites is 1. The molecule has 21 heavy (non-hydrogen) atoms. The molecule has 0 unspecified atom stereocenters. The summed E-state index contributed by atoms with van der Waals surface area (Å²) in [7, 11) is 0. The van der Waals surface area contributed by atoms with E-state index in [1.165, 1.54) is 5.56 Å². The molecule has 0 fully saturated rings. The summed E-state index contributed by atoms with van der Waals surface area (Å²) in [6.07, 6.45) is 1.64. The minimum atomic E-state index is 0.388. The van der Waals surface area contributed by atoms with Crippen molar-refractivity contribution < 1.29 is 9.15 Å². The SMILES string of the molecule is CCNCc1cc(OCc2ccco2)nc2ccccc12. The Balaban J connectivity index is 1.87. The third-order valence-electron chi connectivity index (χ3n) is 3.29. The van der Waals surface area contributed by atoms with Gasteiger partial charge in [-0.3, -0.25) is 0 Å². The molecular weight excluding hydrogens is 264 g/mol. The highest BCUT2D eigenvalue weighted by molar-refractivity contribution is 5.82. The van der Waals surface area contributed by atoms with Crippen LogP contribution in [-0.2, 0) is 13.2 Å². The van der Waals surface area contributed by atoms with E-state index in [1.807, 2.05) is 36.4 Å². The number of hydrogen-bond acceptors (Lipinski definition) is 4. The molecule has 0 atom stereocenters. The van der Waals surface area contributed by atoms with Crippen molar-refractivity contribution in [2.45, 2.75) is 20.1 Å². The van der Waals surface area contributed by atoms with E-state index >= 15 is 0 Å². The number of benzene rings is 1. The van der Waals surface area contributed by atoms with Crippen molar-refractivity contribution in [3.63, 3.8) is 0 Å². The molecule has 0 saturated heterocycles. The second-order valence-electron chi connectivity index (χ2n) is 4.79. The highest BCUT2D eigenvalue weighted by atomic mass is 16.5. The maximum absolute atomic E-state index is 5.75. The first-order chi connectivity index (χ1) is 10.4. The third-order valence-corrected chi connectivity index (χ3v) is 3.29. The topological polar surface area (TPSA) is 47.3 Å². The van der Waals surface area contributed by atoms with Crippen molar-refractivity contribution >= 4 is 10.9 Å². The lowest BCUT2D eigenvalue weighted by atomic mass is 10.1. The molecule has 0 aliphatic heterocycles. The largest absolute Gasteiger partial charge is 0.469 e.